The van der Waals surface area contributed by atoms with Crippen LogP contribution in [-0.2, 0) is 10.1 Å². The highest BCUT2D eigenvalue weighted by atomic mass is 32.2. The number of piperazine rings is 1. The molecule has 1 aliphatic rings. The molecule has 1 fully saturated rings. The number of nitrogens with zero attached hydrogens (tertiary/aromatic N) is 2. The van der Waals surface area contributed by atoms with E-state index < -0.39 is 17.4 Å². The van der Waals surface area contributed by atoms with Crippen molar-refractivity contribution in [3.05, 3.63) is 0 Å². The van der Waals surface area contributed by atoms with Gasteiger partial charge in [-0.1, -0.05) is 53.4 Å². The monoisotopic (exact) mass is 496 g/mol. The number of β-amino-alcohol motifs (C(OH)–C–C–N with tert-alkyl or cyclic N) is 1. The van der Waals surface area contributed by atoms with Gasteiger partial charge in [-0.3, -0.25) is 9.80 Å². The molecule has 0 unspecified atom stereocenters. The van der Waals surface area contributed by atoms with Crippen LogP contribution in [0.3, 0.4) is 0 Å². The van der Waals surface area contributed by atoms with E-state index in [0.717, 1.165) is 26.2 Å². The number of unbranched alkanes of at least 4 members (excludes halogenated alkanes) is 4. The Hall–Kier alpha value is 0.220. The van der Waals surface area contributed by atoms with Crippen molar-refractivity contribution in [3.8, 4) is 0 Å². The highest BCUT2D eigenvalue weighted by Crippen LogP contribution is 2.61. The first-order valence-corrected chi connectivity index (χ1v) is 17.2. The zero-order valence-corrected chi connectivity index (χ0v) is 23.3. The van der Waals surface area contributed by atoms with Crippen molar-refractivity contribution in [2.24, 2.45) is 0 Å². The minimum Gasteiger partial charge on any atom is -0.748 e. The van der Waals surface area contributed by atoms with Crippen molar-refractivity contribution >= 4 is 17.4 Å². The summed E-state index contributed by atoms with van der Waals surface area (Å²) in [5.74, 6) is -0.312. The van der Waals surface area contributed by atoms with Crippen molar-refractivity contribution in [3.63, 3.8) is 0 Å². The third-order valence-corrected chi connectivity index (χ3v) is 12.2. The zero-order chi connectivity index (χ0) is 24.3. The third-order valence-electron chi connectivity index (χ3n) is 6.48. The largest absolute Gasteiger partial charge is 0.748 e. The zero-order valence-electron chi connectivity index (χ0n) is 21.6. The molecular weight excluding hydrogens is 443 g/mol. The van der Waals surface area contributed by atoms with E-state index in [4.69, 9.17) is 5.11 Å². The molecule has 1 saturated heterocycles. The lowest BCUT2D eigenvalue weighted by Crippen LogP contribution is -2.48. The Morgan fingerprint density at radius 3 is 1.34 bits per heavy atom. The second-order valence-corrected chi connectivity index (χ2v) is 15.3. The lowest BCUT2D eigenvalue weighted by Gasteiger charge is -2.34. The van der Waals surface area contributed by atoms with E-state index in [2.05, 4.69) is 32.6 Å². The molecule has 194 valence electrons. The van der Waals surface area contributed by atoms with Gasteiger partial charge in [0.2, 0.25) is 0 Å². The molecule has 1 heterocycles. The van der Waals surface area contributed by atoms with E-state index in [0.29, 0.717) is 13.1 Å². The fourth-order valence-electron chi connectivity index (χ4n) is 4.26. The molecule has 8 heteroatoms. The molecule has 1 aliphatic heterocycles. The predicted molar refractivity (Wildman–Crippen MR) is 141 cm³/mol. The predicted octanol–water partition coefficient (Wildman–Crippen LogP) is 4.35. The summed E-state index contributed by atoms with van der Waals surface area (Å²) in [5.41, 5.74) is 0. The summed E-state index contributed by atoms with van der Waals surface area (Å²) in [6.45, 7) is 13.7. The maximum absolute atomic E-state index is 10.4. The molecule has 0 atom stereocenters. The lowest BCUT2D eigenvalue weighted by atomic mass is 10.3. The Morgan fingerprint density at radius 2 is 1.06 bits per heavy atom. The van der Waals surface area contributed by atoms with Crippen LogP contribution in [0.15, 0.2) is 0 Å². The highest BCUT2D eigenvalue weighted by Gasteiger charge is 2.34. The normalized spacial score (nSPS) is 16.1. The first kappa shape index (κ1) is 32.2. The molecule has 32 heavy (non-hydrogen) atoms. The van der Waals surface area contributed by atoms with Crippen molar-refractivity contribution in [1.82, 2.24) is 9.80 Å². The van der Waals surface area contributed by atoms with Crippen molar-refractivity contribution < 1.29 is 18.1 Å². The molecule has 0 saturated carbocycles. The fraction of sp³-hybridized carbons (Fsp3) is 1.00. The van der Waals surface area contributed by atoms with Crippen molar-refractivity contribution in [2.75, 3.05) is 76.3 Å². The van der Waals surface area contributed by atoms with Gasteiger partial charge in [0.05, 0.1) is 47.1 Å². The number of hydrogen-bond donors (Lipinski definition) is 1. The molecular formula is C24H53N2O4PS. The van der Waals surface area contributed by atoms with Gasteiger partial charge in [-0.25, -0.2) is 8.42 Å². The van der Waals surface area contributed by atoms with E-state index in [1.807, 2.05) is 4.90 Å². The van der Waals surface area contributed by atoms with Gasteiger partial charge >= 0.3 is 0 Å². The molecule has 0 amide bonds. The van der Waals surface area contributed by atoms with Crippen LogP contribution >= 0.6 is 7.26 Å². The minimum absolute atomic E-state index is 0.148. The van der Waals surface area contributed by atoms with Gasteiger partial charge in [0.15, 0.2) is 0 Å². The van der Waals surface area contributed by atoms with Crippen LogP contribution in [0, 0.1) is 0 Å². The topological polar surface area (TPSA) is 83.9 Å². The third kappa shape index (κ3) is 16.8. The number of hydrogen-bond acceptors (Lipinski definition) is 6. The Bertz CT molecular complexity index is 489. The highest BCUT2D eigenvalue weighted by molar-refractivity contribution is 7.85. The maximum atomic E-state index is 10.4. The molecule has 0 aromatic heterocycles. The van der Waals surface area contributed by atoms with E-state index >= 15 is 0 Å². The lowest BCUT2D eigenvalue weighted by molar-refractivity contribution is 0.116. The number of rotatable bonds is 17. The van der Waals surface area contributed by atoms with E-state index in [9.17, 15) is 13.0 Å². The smallest absolute Gasteiger partial charge is 0.0958 e. The molecule has 0 aromatic rings. The Balaban J connectivity index is 0.000000604. The summed E-state index contributed by atoms with van der Waals surface area (Å²) >= 11 is 0. The van der Waals surface area contributed by atoms with Gasteiger partial charge in [-0.2, -0.15) is 0 Å². The van der Waals surface area contributed by atoms with Crippen LogP contribution in [0.25, 0.3) is 0 Å². The van der Waals surface area contributed by atoms with E-state index in [1.165, 1.54) is 51.4 Å². The number of aliphatic hydroxyl groups excluding tert-OH is 1. The average molecular weight is 497 g/mol. The molecule has 0 radical (unpaired) electrons. The van der Waals surface area contributed by atoms with Gasteiger partial charge in [0.1, 0.15) is 0 Å². The molecule has 0 aromatic carbocycles. The summed E-state index contributed by atoms with van der Waals surface area (Å²) in [6, 6.07) is 0. The summed E-state index contributed by atoms with van der Waals surface area (Å²) in [7, 11) is -4.65. The summed E-state index contributed by atoms with van der Waals surface area (Å²) < 4.78 is 31.2. The summed E-state index contributed by atoms with van der Waals surface area (Å²) in [6.07, 6.45) is 17.9. The maximum Gasteiger partial charge on any atom is 0.0958 e. The van der Waals surface area contributed by atoms with Crippen LogP contribution in [0.1, 0.15) is 79.1 Å². The molecule has 1 N–H and O–H groups in total. The first-order valence-electron chi connectivity index (χ1n) is 13.1. The molecule has 0 bridgehead atoms. The Morgan fingerprint density at radius 1 is 0.719 bits per heavy atom. The van der Waals surface area contributed by atoms with Gasteiger partial charge in [-0.15, -0.1) is 0 Å². The summed E-state index contributed by atoms with van der Waals surface area (Å²) in [4.78, 5) is 4.07. The van der Waals surface area contributed by atoms with Gasteiger partial charge < -0.3 is 9.66 Å². The fourth-order valence-corrected chi connectivity index (χ4v) is 10.0. The van der Waals surface area contributed by atoms with Crippen LogP contribution < -0.4 is 0 Å². The van der Waals surface area contributed by atoms with Crippen LogP contribution in [0.4, 0.5) is 0 Å². The van der Waals surface area contributed by atoms with Gasteiger partial charge in [-0.05, 0) is 25.7 Å². The SMILES string of the molecule is CCCC[P+](CCCC)(CCCC)CCCC.O=S(=O)([O-])CCN1CCN(CCO)CC1. The second-order valence-electron chi connectivity index (χ2n) is 9.32. The summed E-state index contributed by atoms with van der Waals surface area (Å²) in [5, 5.41) is 8.72. The molecule has 6 nitrogen and oxygen atoms in total. The average Bonchev–Trinajstić information content (AvgIpc) is 2.78. The second kappa shape index (κ2) is 19.5. The van der Waals surface area contributed by atoms with Crippen LogP contribution in [0.5, 0.6) is 0 Å². The molecule has 1 rings (SSSR count). The van der Waals surface area contributed by atoms with E-state index in [1.54, 1.807) is 24.6 Å². The Labute approximate surface area is 200 Å². The standard InChI is InChI=1S/C16H36P.C8H18N2O4S/c1-5-9-13-17(14-10-6-2,15-11-7-3)16-12-8-4;11-7-5-9-1-3-10(4-2-9)6-8-15(12,13)14/h5-16H2,1-4H3;11H,1-8H2,(H,12,13,14)/q+1;/p-1. The van der Waals surface area contributed by atoms with Crippen molar-refractivity contribution in [2.45, 2.75) is 79.1 Å². The van der Waals surface area contributed by atoms with Crippen LogP contribution in [0.2, 0.25) is 0 Å². The van der Waals surface area contributed by atoms with Gasteiger partial charge in [0, 0.05) is 46.5 Å². The number of aliphatic hydroxyl groups is 1. The molecule has 0 aliphatic carbocycles. The van der Waals surface area contributed by atoms with Crippen molar-refractivity contribution in [1.29, 1.82) is 0 Å². The molecule has 0 spiro atoms. The first-order chi connectivity index (χ1) is 15.3. The quantitative estimate of drug-likeness (QED) is 0.238. The van der Waals surface area contributed by atoms with E-state index in [-0.39, 0.29) is 12.4 Å². The minimum atomic E-state index is -4.09. The Kier molecular flexibility index (Phi) is 19.7. The van der Waals surface area contributed by atoms with Gasteiger partial charge in [0.25, 0.3) is 0 Å². The van der Waals surface area contributed by atoms with Crippen LogP contribution in [-0.4, -0.2) is 104 Å².